The molecule has 1 aliphatic carbocycles. The molecule has 122 valence electrons. The van der Waals surface area contributed by atoms with Crippen LogP contribution in [0.5, 0.6) is 5.75 Å². The van der Waals surface area contributed by atoms with Crippen molar-refractivity contribution in [3.05, 3.63) is 28.8 Å². The first-order valence-corrected chi connectivity index (χ1v) is 8.18. The van der Waals surface area contributed by atoms with Gasteiger partial charge in [0.05, 0.1) is 11.6 Å². The van der Waals surface area contributed by atoms with E-state index in [0.29, 0.717) is 24.0 Å². The van der Waals surface area contributed by atoms with E-state index in [2.05, 4.69) is 5.32 Å². The maximum Gasteiger partial charge on any atom is 0.207 e. The monoisotopic (exact) mass is 325 g/mol. The predicted octanol–water partition coefficient (Wildman–Crippen LogP) is 3.36. The number of ether oxygens (including phenoxy) is 2. The maximum absolute atomic E-state index is 10.9. The van der Waals surface area contributed by atoms with Crippen molar-refractivity contribution in [3.63, 3.8) is 0 Å². The van der Waals surface area contributed by atoms with Crippen molar-refractivity contribution >= 4 is 18.0 Å². The Labute approximate surface area is 137 Å². The van der Waals surface area contributed by atoms with Gasteiger partial charge >= 0.3 is 0 Å². The summed E-state index contributed by atoms with van der Waals surface area (Å²) in [6.07, 6.45) is 6.84. The van der Waals surface area contributed by atoms with Crippen LogP contribution in [-0.4, -0.2) is 32.3 Å². The van der Waals surface area contributed by atoms with Gasteiger partial charge in [0.15, 0.2) is 0 Å². The Morgan fingerprint density at radius 1 is 1.32 bits per heavy atom. The first kappa shape index (κ1) is 17.1. The van der Waals surface area contributed by atoms with Gasteiger partial charge in [-0.2, -0.15) is 0 Å². The lowest BCUT2D eigenvalue weighted by Gasteiger charge is -2.28. The fourth-order valence-electron chi connectivity index (χ4n) is 3.09. The first-order chi connectivity index (χ1) is 10.7. The van der Waals surface area contributed by atoms with Crippen LogP contribution in [0.15, 0.2) is 18.2 Å². The number of hydrogen-bond donors (Lipinski definition) is 1. The summed E-state index contributed by atoms with van der Waals surface area (Å²) in [4.78, 5) is 10.9. The van der Waals surface area contributed by atoms with Gasteiger partial charge in [0.1, 0.15) is 5.75 Å². The van der Waals surface area contributed by atoms with Gasteiger partial charge in [-0.05, 0) is 37.0 Å². The van der Waals surface area contributed by atoms with Crippen LogP contribution in [0.2, 0.25) is 5.02 Å². The molecule has 0 bridgehead atoms. The number of halogens is 1. The number of carbonyl (C=O) groups excluding carboxylic acids is 1. The average Bonchev–Trinajstić information content (AvgIpc) is 2.95. The SMILES string of the molecule is COCCCOc1cc(CC2(NC=O)CCCC2)ccc1Cl. The molecule has 1 aromatic carbocycles. The van der Waals surface area contributed by atoms with Gasteiger partial charge in [-0.25, -0.2) is 0 Å². The second kappa shape index (κ2) is 8.39. The molecule has 0 aliphatic heterocycles. The molecule has 5 heteroatoms. The fourth-order valence-corrected chi connectivity index (χ4v) is 3.27. The third kappa shape index (κ3) is 4.62. The topological polar surface area (TPSA) is 47.6 Å². The minimum absolute atomic E-state index is 0.108. The molecule has 4 nitrogen and oxygen atoms in total. The molecule has 0 heterocycles. The molecule has 0 atom stereocenters. The Balaban J connectivity index is 2.03. The van der Waals surface area contributed by atoms with Gasteiger partial charge in [0.2, 0.25) is 6.41 Å². The van der Waals surface area contributed by atoms with Gasteiger partial charge in [0, 0.05) is 25.7 Å². The van der Waals surface area contributed by atoms with Crippen molar-refractivity contribution in [2.24, 2.45) is 0 Å². The summed E-state index contributed by atoms with van der Waals surface area (Å²) in [6.45, 7) is 1.25. The highest BCUT2D eigenvalue weighted by molar-refractivity contribution is 6.32. The summed E-state index contributed by atoms with van der Waals surface area (Å²) in [7, 11) is 1.68. The lowest BCUT2D eigenvalue weighted by Crippen LogP contribution is -2.43. The molecule has 2 rings (SSSR count). The van der Waals surface area contributed by atoms with Crippen molar-refractivity contribution < 1.29 is 14.3 Å². The third-order valence-corrected chi connectivity index (χ3v) is 4.53. The first-order valence-electron chi connectivity index (χ1n) is 7.81. The highest BCUT2D eigenvalue weighted by atomic mass is 35.5. The van der Waals surface area contributed by atoms with Crippen LogP contribution in [0.4, 0.5) is 0 Å². The zero-order valence-electron chi connectivity index (χ0n) is 13.1. The van der Waals surface area contributed by atoms with Crippen molar-refractivity contribution in [1.29, 1.82) is 0 Å². The Morgan fingerprint density at radius 2 is 2.09 bits per heavy atom. The molecule has 0 aromatic heterocycles. The van der Waals surface area contributed by atoms with E-state index in [-0.39, 0.29) is 5.54 Å². The molecule has 1 amide bonds. The molecule has 0 radical (unpaired) electrons. The third-order valence-electron chi connectivity index (χ3n) is 4.21. The molecule has 1 aromatic rings. The quantitative estimate of drug-likeness (QED) is 0.559. The van der Waals surface area contributed by atoms with Crippen molar-refractivity contribution in [3.8, 4) is 5.75 Å². The number of hydrogen-bond acceptors (Lipinski definition) is 3. The van der Waals surface area contributed by atoms with Gasteiger partial charge in [-0.15, -0.1) is 0 Å². The highest BCUT2D eigenvalue weighted by Crippen LogP contribution is 2.34. The smallest absolute Gasteiger partial charge is 0.207 e. The Morgan fingerprint density at radius 3 is 2.77 bits per heavy atom. The number of carbonyl (C=O) groups is 1. The van der Waals surface area contributed by atoms with E-state index in [0.717, 1.165) is 50.5 Å². The zero-order chi connectivity index (χ0) is 15.8. The van der Waals surface area contributed by atoms with Gasteiger partial charge in [0.25, 0.3) is 0 Å². The van der Waals surface area contributed by atoms with Crippen LogP contribution in [0.1, 0.15) is 37.7 Å². The van der Waals surface area contributed by atoms with Crippen molar-refractivity contribution in [2.75, 3.05) is 20.3 Å². The van der Waals surface area contributed by atoms with E-state index in [9.17, 15) is 4.79 Å². The lowest BCUT2D eigenvalue weighted by atomic mass is 9.89. The number of benzene rings is 1. The summed E-state index contributed by atoms with van der Waals surface area (Å²) < 4.78 is 10.7. The molecular formula is C17H24ClNO3. The highest BCUT2D eigenvalue weighted by Gasteiger charge is 2.33. The van der Waals surface area contributed by atoms with Gasteiger partial charge in [-0.1, -0.05) is 30.5 Å². The summed E-state index contributed by atoms with van der Waals surface area (Å²) in [5, 5.41) is 3.65. The minimum Gasteiger partial charge on any atom is -0.492 e. The minimum atomic E-state index is -0.108. The summed E-state index contributed by atoms with van der Waals surface area (Å²) in [5.74, 6) is 0.703. The fraction of sp³-hybridized carbons (Fsp3) is 0.588. The Bertz CT molecular complexity index is 487. The van der Waals surface area contributed by atoms with Crippen molar-refractivity contribution in [2.45, 2.75) is 44.1 Å². The summed E-state index contributed by atoms with van der Waals surface area (Å²) in [5.41, 5.74) is 1.03. The second-order valence-corrected chi connectivity index (χ2v) is 6.29. The molecule has 1 aliphatic rings. The molecule has 0 saturated heterocycles. The average molecular weight is 326 g/mol. The largest absolute Gasteiger partial charge is 0.492 e. The number of rotatable bonds is 9. The van der Waals surface area contributed by atoms with E-state index in [1.807, 2.05) is 18.2 Å². The second-order valence-electron chi connectivity index (χ2n) is 5.89. The molecule has 22 heavy (non-hydrogen) atoms. The Hall–Kier alpha value is -1.26. The molecular weight excluding hydrogens is 302 g/mol. The van der Waals surface area contributed by atoms with E-state index in [1.165, 1.54) is 0 Å². The molecule has 0 unspecified atom stereocenters. The number of nitrogens with one attached hydrogen (secondary N) is 1. The van der Waals surface area contributed by atoms with E-state index >= 15 is 0 Å². The lowest BCUT2D eigenvalue weighted by molar-refractivity contribution is -0.111. The zero-order valence-corrected chi connectivity index (χ0v) is 13.8. The normalized spacial score (nSPS) is 16.5. The van der Waals surface area contributed by atoms with E-state index in [4.69, 9.17) is 21.1 Å². The predicted molar refractivity (Wildman–Crippen MR) is 87.5 cm³/mol. The molecule has 0 spiro atoms. The summed E-state index contributed by atoms with van der Waals surface area (Å²) in [6, 6.07) is 5.87. The summed E-state index contributed by atoms with van der Waals surface area (Å²) >= 11 is 6.19. The standard InChI is InChI=1S/C17H24ClNO3/c1-21-9-4-10-22-16-11-14(5-6-15(16)18)12-17(19-13-20)7-2-3-8-17/h5-6,11,13H,2-4,7-10,12H2,1H3,(H,19,20). The maximum atomic E-state index is 10.9. The van der Waals surface area contributed by atoms with E-state index in [1.54, 1.807) is 7.11 Å². The van der Waals surface area contributed by atoms with Crippen LogP contribution in [0, 0.1) is 0 Å². The number of amides is 1. The van der Waals surface area contributed by atoms with Crippen LogP contribution >= 0.6 is 11.6 Å². The molecule has 1 fully saturated rings. The van der Waals surface area contributed by atoms with Crippen LogP contribution < -0.4 is 10.1 Å². The Kier molecular flexibility index (Phi) is 6.52. The molecule has 1 N–H and O–H groups in total. The van der Waals surface area contributed by atoms with Crippen LogP contribution in [-0.2, 0) is 16.0 Å². The van der Waals surface area contributed by atoms with Crippen LogP contribution in [0.3, 0.4) is 0 Å². The van der Waals surface area contributed by atoms with Gasteiger partial charge < -0.3 is 14.8 Å². The van der Waals surface area contributed by atoms with Crippen LogP contribution in [0.25, 0.3) is 0 Å². The van der Waals surface area contributed by atoms with Crippen molar-refractivity contribution in [1.82, 2.24) is 5.32 Å². The molecule has 1 saturated carbocycles. The van der Waals surface area contributed by atoms with E-state index < -0.39 is 0 Å². The van der Waals surface area contributed by atoms with Gasteiger partial charge in [-0.3, -0.25) is 4.79 Å². The number of methoxy groups -OCH3 is 1.